The third-order valence-electron chi connectivity index (χ3n) is 1.97. The van der Waals surface area contributed by atoms with Crippen LogP contribution in [0.25, 0.3) is 4.96 Å². The molecule has 13 heavy (non-hydrogen) atoms. The van der Waals surface area contributed by atoms with E-state index in [4.69, 9.17) is 5.73 Å². The summed E-state index contributed by atoms with van der Waals surface area (Å²) in [5, 5.41) is 10.3. The second-order valence-corrected chi connectivity index (χ2v) is 4.10. The van der Waals surface area contributed by atoms with Gasteiger partial charge in [0.2, 0.25) is 4.96 Å². The van der Waals surface area contributed by atoms with Crippen molar-refractivity contribution in [2.45, 2.75) is 26.3 Å². The van der Waals surface area contributed by atoms with Crippen molar-refractivity contribution in [3.05, 3.63) is 16.9 Å². The fraction of sp³-hybridized carbons (Fsp3) is 0.500. The molecule has 0 amide bonds. The van der Waals surface area contributed by atoms with Gasteiger partial charge in [0.15, 0.2) is 0 Å². The lowest BCUT2D eigenvalue weighted by Gasteiger charge is -2.02. The van der Waals surface area contributed by atoms with E-state index in [0.29, 0.717) is 12.5 Å². The van der Waals surface area contributed by atoms with Crippen LogP contribution in [0.2, 0.25) is 0 Å². The third kappa shape index (κ3) is 1.24. The summed E-state index contributed by atoms with van der Waals surface area (Å²) >= 11 is 1.59. The highest BCUT2D eigenvalue weighted by Gasteiger charge is 2.12. The predicted octanol–water partition coefficient (Wildman–Crippen LogP) is 1.37. The quantitative estimate of drug-likeness (QED) is 0.789. The SMILES string of the molecule is CC(C)c1nnc2scc(CN)n12. The van der Waals surface area contributed by atoms with Crippen molar-refractivity contribution in [1.29, 1.82) is 0 Å². The lowest BCUT2D eigenvalue weighted by atomic mass is 10.2. The highest BCUT2D eigenvalue weighted by atomic mass is 32.1. The molecule has 0 fully saturated rings. The van der Waals surface area contributed by atoms with Crippen LogP contribution in [0.1, 0.15) is 31.3 Å². The summed E-state index contributed by atoms with van der Waals surface area (Å²) in [6.45, 7) is 4.75. The van der Waals surface area contributed by atoms with Crippen molar-refractivity contribution in [3.8, 4) is 0 Å². The van der Waals surface area contributed by atoms with Crippen LogP contribution in [-0.2, 0) is 6.54 Å². The first kappa shape index (κ1) is 8.65. The van der Waals surface area contributed by atoms with Gasteiger partial charge in [0, 0.05) is 17.8 Å². The van der Waals surface area contributed by atoms with Crippen LogP contribution < -0.4 is 5.73 Å². The number of nitrogens with zero attached hydrogens (tertiary/aromatic N) is 3. The molecule has 2 heterocycles. The first-order valence-electron chi connectivity index (χ1n) is 4.25. The summed E-state index contributed by atoms with van der Waals surface area (Å²) in [7, 11) is 0. The van der Waals surface area contributed by atoms with Crippen molar-refractivity contribution in [2.24, 2.45) is 5.73 Å². The number of thiazole rings is 1. The highest BCUT2D eigenvalue weighted by molar-refractivity contribution is 7.15. The molecule has 0 aliphatic carbocycles. The zero-order valence-electron chi connectivity index (χ0n) is 7.69. The molecular formula is C8H12N4S. The summed E-state index contributed by atoms with van der Waals surface area (Å²) in [6.07, 6.45) is 0. The molecule has 5 heteroatoms. The topological polar surface area (TPSA) is 56.2 Å². The summed E-state index contributed by atoms with van der Waals surface area (Å²) in [6, 6.07) is 0. The van der Waals surface area contributed by atoms with E-state index in [2.05, 4.69) is 28.4 Å². The van der Waals surface area contributed by atoms with Gasteiger partial charge >= 0.3 is 0 Å². The zero-order valence-corrected chi connectivity index (χ0v) is 8.51. The smallest absolute Gasteiger partial charge is 0.216 e. The Balaban J connectivity index is 2.68. The number of rotatable bonds is 2. The molecule has 0 saturated carbocycles. The Kier molecular flexibility index (Phi) is 2.05. The Labute approximate surface area is 80.4 Å². The molecule has 0 saturated heterocycles. The summed E-state index contributed by atoms with van der Waals surface area (Å²) < 4.78 is 2.05. The van der Waals surface area contributed by atoms with Crippen molar-refractivity contribution >= 4 is 16.3 Å². The summed E-state index contributed by atoms with van der Waals surface area (Å²) in [5.74, 6) is 1.38. The molecule has 2 aromatic rings. The Morgan fingerprint density at radius 2 is 2.31 bits per heavy atom. The monoisotopic (exact) mass is 196 g/mol. The highest BCUT2D eigenvalue weighted by Crippen LogP contribution is 2.20. The minimum atomic E-state index is 0.384. The van der Waals surface area contributed by atoms with E-state index >= 15 is 0 Å². The van der Waals surface area contributed by atoms with E-state index in [1.165, 1.54) is 0 Å². The first-order chi connectivity index (χ1) is 6.24. The van der Waals surface area contributed by atoms with Gasteiger partial charge in [-0.05, 0) is 0 Å². The minimum absolute atomic E-state index is 0.384. The molecule has 2 aromatic heterocycles. The minimum Gasteiger partial charge on any atom is -0.325 e. The molecule has 0 bridgehead atoms. The van der Waals surface area contributed by atoms with Crippen LogP contribution in [-0.4, -0.2) is 14.6 Å². The van der Waals surface area contributed by atoms with Gasteiger partial charge in [-0.2, -0.15) is 0 Å². The van der Waals surface area contributed by atoms with E-state index in [1.54, 1.807) is 11.3 Å². The van der Waals surface area contributed by atoms with Gasteiger partial charge in [-0.1, -0.05) is 13.8 Å². The van der Waals surface area contributed by atoms with Crippen LogP contribution in [0.3, 0.4) is 0 Å². The molecule has 0 radical (unpaired) electrons. The Hall–Kier alpha value is -0.940. The predicted molar refractivity (Wildman–Crippen MR) is 52.8 cm³/mol. The van der Waals surface area contributed by atoms with Crippen LogP contribution in [0.5, 0.6) is 0 Å². The van der Waals surface area contributed by atoms with Crippen LogP contribution in [0.4, 0.5) is 0 Å². The van der Waals surface area contributed by atoms with Gasteiger partial charge in [-0.15, -0.1) is 21.5 Å². The lowest BCUT2D eigenvalue weighted by Crippen LogP contribution is -2.04. The first-order valence-corrected chi connectivity index (χ1v) is 5.13. The Morgan fingerprint density at radius 1 is 1.54 bits per heavy atom. The maximum absolute atomic E-state index is 5.62. The lowest BCUT2D eigenvalue weighted by molar-refractivity contribution is 0.745. The third-order valence-corrected chi connectivity index (χ3v) is 2.84. The molecule has 0 aliphatic heterocycles. The molecule has 2 rings (SSSR count). The molecule has 0 atom stereocenters. The van der Waals surface area contributed by atoms with Crippen molar-refractivity contribution in [1.82, 2.24) is 14.6 Å². The molecule has 0 spiro atoms. The number of nitrogens with two attached hydrogens (primary N) is 1. The number of aromatic nitrogens is 3. The van der Waals surface area contributed by atoms with Crippen molar-refractivity contribution in [2.75, 3.05) is 0 Å². The maximum Gasteiger partial charge on any atom is 0.216 e. The van der Waals surface area contributed by atoms with Crippen molar-refractivity contribution in [3.63, 3.8) is 0 Å². The molecule has 0 aliphatic rings. The molecule has 2 N–H and O–H groups in total. The van der Waals surface area contributed by atoms with Crippen molar-refractivity contribution < 1.29 is 0 Å². The van der Waals surface area contributed by atoms with E-state index in [0.717, 1.165) is 16.5 Å². The van der Waals surface area contributed by atoms with Gasteiger partial charge in [0.25, 0.3) is 0 Å². The number of hydrogen-bond donors (Lipinski definition) is 1. The van der Waals surface area contributed by atoms with Gasteiger partial charge < -0.3 is 5.73 Å². The Morgan fingerprint density at radius 3 is 2.92 bits per heavy atom. The van der Waals surface area contributed by atoms with E-state index in [-0.39, 0.29) is 0 Å². The molecule has 0 aromatic carbocycles. The van der Waals surface area contributed by atoms with Gasteiger partial charge in [-0.3, -0.25) is 4.40 Å². The molecule has 0 unspecified atom stereocenters. The van der Waals surface area contributed by atoms with Crippen LogP contribution in [0, 0.1) is 0 Å². The van der Waals surface area contributed by atoms with E-state index < -0.39 is 0 Å². The summed E-state index contributed by atoms with van der Waals surface area (Å²) in [4.78, 5) is 0.934. The standard InChI is InChI=1S/C8H12N4S/c1-5(2)7-10-11-8-12(7)6(3-9)4-13-8/h4-5H,3,9H2,1-2H3. The average Bonchev–Trinajstić information content (AvgIpc) is 2.61. The largest absolute Gasteiger partial charge is 0.325 e. The normalized spacial score (nSPS) is 11.7. The Bertz CT molecular complexity index is 415. The van der Waals surface area contributed by atoms with E-state index in [1.807, 2.05) is 5.38 Å². The average molecular weight is 196 g/mol. The van der Waals surface area contributed by atoms with Crippen LogP contribution >= 0.6 is 11.3 Å². The number of fused-ring (bicyclic) bond motifs is 1. The number of hydrogen-bond acceptors (Lipinski definition) is 4. The van der Waals surface area contributed by atoms with Gasteiger partial charge in [0.05, 0.1) is 5.69 Å². The summed E-state index contributed by atoms with van der Waals surface area (Å²) in [5.41, 5.74) is 6.71. The van der Waals surface area contributed by atoms with Gasteiger partial charge in [0.1, 0.15) is 5.82 Å². The maximum atomic E-state index is 5.62. The van der Waals surface area contributed by atoms with E-state index in [9.17, 15) is 0 Å². The van der Waals surface area contributed by atoms with Gasteiger partial charge in [-0.25, -0.2) is 0 Å². The zero-order chi connectivity index (χ0) is 9.42. The van der Waals surface area contributed by atoms with Crippen LogP contribution in [0.15, 0.2) is 5.38 Å². The molecular weight excluding hydrogens is 184 g/mol. The molecule has 4 nitrogen and oxygen atoms in total. The fourth-order valence-corrected chi connectivity index (χ4v) is 2.16. The second-order valence-electron chi connectivity index (χ2n) is 3.26. The fourth-order valence-electron chi connectivity index (χ4n) is 1.31. The second kappa shape index (κ2) is 3.08. The molecule has 70 valence electrons.